The second kappa shape index (κ2) is 4.09. The van der Waals surface area contributed by atoms with Gasteiger partial charge >= 0.3 is 0 Å². The number of nitrogens with two attached hydrogens (primary N) is 1. The zero-order chi connectivity index (χ0) is 11.6. The predicted molar refractivity (Wildman–Crippen MR) is 63.4 cm³/mol. The van der Waals surface area contributed by atoms with E-state index < -0.39 is 0 Å². The van der Waals surface area contributed by atoms with Gasteiger partial charge in [-0.05, 0) is 30.5 Å². The number of anilines is 2. The van der Waals surface area contributed by atoms with E-state index in [-0.39, 0.29) is 17.3 Å². The molecule has 3 N–H and O–H groups in total. The van der Waals surface area contributed by atoms with Crippen molar-refractivity contribution in [1.29, 1.82) is 0 Å². The van der Waals surface area contributed by atoms with E-state index in [0.29, 0.717) is 11.4 Å². The lowest BCUT2D eigenvalue weighted by atomic mass is 9.88. The lowest BCUT2D eigenvalue weighted by molar-refractivity contribution is 0.359. The third-order valence-corrected chi connectivity index (χ3v) is 2.69. The molecule has 0 aliphatic carbocycles. The smallest absolute Gasteiger partial charge is 0.125 e. The van der Waals surface area contributed by atoms with E-state index in [2.05, 4.69) is 33.0 Å². The van der Waals surface area contributed by atoms with Crippen molar-refractivity contribution in [2.75, 3.05) is 11.1 Å². The van der Waals surface area contributed by atoms with Gasteiger partial charge in [-0.1, -0.05) is 20.8 Å². The largest absolute Gasteiger partial charge is 0.397 e. The van der Waals surface area contributed by atoms with Crippen molar-refractivity contribution in [2.45, 2.75) is 33.7 Å². The van der Waals surface area contributed by atoms with Crippen molar-refractivity contribution < 1.29 is 4.39 Å². The van der Waals surface area contributed by atoms with Crippen LogP contribution in [0.25, 0.3) is 0 Å². The minimum Gasteiger partial charge on any atom is -0.397 e. The fourth-order valence-corrected chi connectivity index (χ4v) is 1.10. The minimum atomic E-state index is -0.271. The van der Waals surface area contributed by atoms with E-state index in [1.807, 2.05) is 0 Å². The molecular formula is C12H19FN2. The molecule has 0 amide bonds. The van der Waals surface area contributed by atoms with Crippen molar-refractivity contribution >= 4 is 11.4 Å². The maximum Gasteiger partial charge on any atom is 0.125 e. The third kappa shape index (κ3) is 3.11. The number of hydrogen-bond donors (Lipinski definition) is 2. The monoisotopic (exact) mass is 210 g/mol. The Morgan fingerprint density at radius 1 is 1.33 bits per heavy atom. The molecular weight excluding hydrogens is 191 g/mol. The van der Waals surface area contributed by atoms with Crippen molar-refractivity contribution in [3.8, 4) is 0 Å². The van der Waals surface area contributed by atoms with Crippen molar-refractivity contribution in [3.05, 3.63) is 24.0 Å². The molecule has 1 atom stereocenters. The van der Waals surface area contributed by atoms with Gasteiger partial charge in [-0.3, -0.25) is 0 Å². The van der Waals surface area contributed by atoms with E-state index in [4.69, 9.17) is 5.73 Å². The third-order valence-electron chi connectivity index (χ3n) is 2.69. The number of nitrogen functional groups attached to an aromatic ring is 1. The molecule has 15 heavy (non-hydrogen) atoms. The van der Waals surface area contributed by atoms with Gasteiger partial charge in [0.1, 0.15) is 5.82 Å². The molecule has 0 saturated heterocycles. The highest BCUT2D eigenvalue weighted by Gasteiger charge is 2.20. The molecule has 0 aliphatic rings. The summed E-state index contributed by atoms with van der Waals surface area (Å²) in [5.74, 6) is -0.271. The molecule has 84 valence electrons. The lowest BCUT2D eigenvalue weighted by Gasteiger charge is -2.29. The van der Waals surface area contributed by atoms with Crippen LogP contribution in [-0.4, -0.2) is 6.04 Å². The summed E-state index contributed by atoms with van der Waals surface area (Å²) in [6, 6.07) is 4.59. The van der Waals surface area contributed by atoms with Crippen LogP contribution >= 0.6 is 0 Å². The lowest BCUT2D eigenvalue weighted by Crippen LogP contribution is -2.31. The van der Waals surface area contributed by atoms with E-state index >= 15 is 0 Å². The van der Waals surface area contributed by atoms with Gasteiger partial charge in [0.25, 0.3) is 0 Å². The molecule has 1 aromatic rings. The average molecular weight is 210 g/mol. The molecule has 2 nitrogen and oxygen atoms in total. The van der Waals surface area contributed by atoms with Crippen molar-refractivity contribution in [2.24, 2.45) is 5.41 Å². The van der Waals surface area contributed by atoms with Crippen LogP contribution in [0.3, 0.4) is 0 Å². The van der Waals surface area contributed by atoms with Gasteiger partial charge in [0.15, 0.2) is 0 Å². The Bertz CT molecular complexity index is 342. The van der Waals surface area contributed by atoms with Crippen LogP contribution in [0.4, 0.5) is 15.8 Å². The Morgan fingerprint density at radius 3 is 2.47 bits per heavy atom. The summed E-state index contributed by atoms with van der Waals surface area (Å²) >= 11 is 0. The van der Waals surface area contributed by atoms with Crippen LogP contribution in [0.15, 0.2) is 18.2 Å². The highest BCUT2D eigenvalue weighted by atomic mass is 19.1. The van der Waals surface area contributed by atoms with Crippen molar-refractivity contribution in [3.63, 3.8) is 0 Å². The first-order chi connectivity index (χ1) is 6.80. The van der Waals surface area contributed by atoms with E-state index in [1.165, 1.54) is 12.1 Å². The molecule has 0 spiro atoms. The fourth-order valence-electron chi connectivity index (χ4n) is 1.10. The zero-order valence-corrected chi connectivity index (χ0v) is 9.76. The van der Waals surface area contributed by atoms with Crippen LogP contribution in [-0.2, 0) is 0 Å². The van der Waals surface area contributed by atoms with Crippen molar-refractivity contribution in [1.82, 2.24) is 0 Å². The summed E-state index contributed by atoms with van der Waals surface area (Å²) in [7, 11) is 0. The summed E-state index contributed by atoms with van der Waals surface area (Å²) in [4.78, 5) is 0. The highest BCUT2D eigenvalue weighted by molar-refractivity contribution is 5.66. The maximum absolute atomic E-state index is 13.0. The Labute approximate surface area is 90.7 Å². The quantitative estimate of drug-likeness (QED) is 0.735. The van der Waals surface area contributed by atoms with Gasteiger partial charge in [0.05, 0.1) is 11.4 Å². The topological polar surface area (TPSA) is 38.0 Å². The van der Waals surface area contributed by atoms with E-state index in [1.54, 1.807) is 6.07 Å². The Balaban J connectivity index is 2.85. The zero-order valence-electron chi connectivity index (χ0n) is 9.76. The van der Waals surface area contributed by atoms with Crippen LogP contribution in [0.1, 0.15) is 27.7 Å². The number of halogens is 1. The highest BCUT2D eigenvalue weighted by Crippen LogP contribution is 2.26. The van der Waals surface area contributed by atoms with Gasteiger partial charge in [-0.2, -0.15) is 0 Å². The summed E-state index contributed by atoms with van der Waals surface area (Å²) in [6.07, 6.45) is 0. The van der Waals surface area contributed by atoms with Gasteiger partial charge in [-0.15, -0.1) is 0 Å². The molecule has 0 saturated carbocycles. The molecule has 0 bridgehead atoms. The Hall–Kier alpha value is -1.25. The predicted octanol–water partition coefficient (Wildman–Crippen LogP) is 3.25. The van der Waals surface area contributed by atoms with Gasteiger partial charge in [0, 0.05) is 6.04 Å². The average Bonchev–Trinajstić information content (AvgIpc) is 2.09. The molecule has 3 heteroatoms. The number of nitrogens with one attached hydrogen (secondary N) is 1. The molecule has 0 aliphatic heterocycles. The first-order valence-electron chi connectivity index (χ1n) is 5.12. The number of benzene rings is 1. The van der Waals surface area contributed by atoms with Crippen LogP contribution in [0.5, 0.6) is 0 Å². The molecule has 0 radical (unpaired) electrons. The van der Waals surface area contributed by atoms with Gasteiger partial charge in [-0.25, -0.2) is 4.39 Å². The number of rotatable bonds is 2. The molecule has 1 aromatic carbocycles. The molecule has 1 unspecified atom stereocenters. The first-order valence-corrected chi connectivity index (χ1v) is 5.12. The minimum absolute atomic E-state index is 0.110. The summed E-state index contributed by atoms with van der Waals surface area (Å²) in [6.45, 7) is 8.44. The fraction of sp³-hybridized carbons (Fsp3) is 0.500. The summed E-state index contributed by atoms with van der Waals surface area (Å²) < 4.78 is 13.0. The second-order valence-electron chi connectivity index (χ2n) is 4.96. The van der Waals surface area contributed by atoms with E-state index in [0.717, 1.165) is 0 Å². The summed E-state index contributed by atoms with van der Waals surface area (Å²) in [5.41, 5.74) is 7.10. The first kappa shape index (κ1) is 11.8. The second-order valence-corrected chi connectivity index (χ2v) is 4.96. The van der Waals surface area contributed by atoms with Crippen LogP contribution in [0.2, 0.25) is 0 Å². The Kier molecular flexibility index (Phi) is 3.22. The normalized spacial score (nSPS) is 13.7. The molecule has 0 aromatic heterocycles. The van der Waals surface area contributed by atoms with E-state index in [9.17, 15) is 4.39 Å². The van der Waals surface area contributed by atoms with Crippen LogP contribution in [0, 0.1) is 11.2 Å². The number of hydrogen-bond acceptors (Lipinski definition) is 2. The SMILES string of the molecule is CC(Nc1cc(F)ccc1N)C(C)(C)C. The molecule has 0 fully saturated rings. The Morgan fingerprint density at radius 2 is 1.93 bits per heavy atom. The van der Waals surface area contributed by atoms with Gasteiger partial charge in [0.2, 0.25) is 0 Å². The summed E-state index contributed by atoms with van der Waals surface area (Å²) in [5, 5.41) is 3.23. The van der Waals surface area contributed by atoms with Gasteiger partial charge < -0.3 is 11.1 Å². The molecule has 0 heterocycles. The molecule has 1 rings (SSSR count). The van der Waals surface area contributed by atoms with Crippen LogP contribution < -0.4 is 11.1 Å². The maximum atomic E-state index is 13.0. The standard InChI is InChI=1S/C12H19FN2/c1-8(12(2,3)4)15-11-7-9(13)5-6-10(11)14/h5-8,15H,14H2,1-4H3.